The third kappa shape index (κ3) is 28000. The van der Waals surface area contributed by atoms with E-state index in [0.29, 0.717) is 0 Å². The van der Waals surface area contributed by atoms with Crippen LogP contribution >= 0.6 is 0 Å². The maximum atomic E-state index is 8.11. The molecule has 0 rings (SSSR count). The van der Waals surface area contributed by atoms with Crippen LogP contribution in [0.15, 0.2) is 5.34 Å². The van der Waals surface area contributed by atoms with E-state index in [9.17, 15) is 0 Å². The quantitative estimate of drug-likeness (QED) is 0.324. The van der Waals surface area contributed by atoms with E-state index in [1.807, 2.05) is 0 Å². The smallest absolute Gasteiger partial charge is 0.152 e. The molecule has 60 valence electrons. The first kappa shape index (κ1) is 102. The first-order chi connectivity index (χ1) is 1.41. The molecule has 0 radical (unpaired) electrons. The fourth-order valence-corrected chi connectivity index (χ4v) is 0. The van der Waals surface area contributed by atoms with Crippen molar-refractivity contribution < 1.29 is 26.3 Å². The summed E-state index contributed by atoms with van der Waals surface area (Å²) in [6.07, 6.45) is 0. The van der Waals surface area contributed by atoms with Crippen LogP contribution in [0.3, 0.4) is 0 Å². The van der Waals surface area contributed by atoms with Gasteiger partial charge in [-0.3, -0.25) is 0 Å². The second-order valence-electron chi connectivity index (χ2n) is 0.0816. The van der Waals surface area contributed by atoms with E-state index in [0.717, 1.165) is 0 Å². The van der Waals surface area contributed by atoms with Crippen molar-refractivity contribution in [2.24, 2.45) is 5.34 Å². The zero-order valence-electron chi connectivity index (χ0n) is 4.45. The van der Waals surface area contributed by atoms with E-state index >= 15 is 0 Å². The molecule has 0 saturated heterocycles. The molecule has 0 aliphatic heterocycles. The molecule has 0 spiro atoms. The minimum absolute atomic E-state index is 0. The maximum Gasteiger partial charge on any atom is 0.152 e. The van der Waals surface area contributed by atoms with E-state index < -0.39 is 0 Å². The largest absolute Gasteiger partial charge is 0.379 e. The van der Waals surface area contributed by atoms with Gasteiger partial charge in [0.1, 0.15) is 0 Å². The van der Waals surface area contributed by atoms with Crippen molar-refractivity contribution in [2.45, 2.75) is 0 Å². The standard InChI is InChI=1S/HNO2.4H3N.Pt/c2-1-3;;;;;/h(H,2,3);4*1H3;. The zero-order chi connectivity index (χ0) is 2.71. The number of nitrogens with zero attached hydrogens (tertiary/aromatic N) is 1. The molecule has 0 fully saturated rings. The van der Waals surface area contributed by atoms with Gasteiger partial charge in [0.25, 0.3) is 0 Å². The zero-order valence-corrected chi connectivity index (χ0v) is 6.72. The molecule has 0 aromatic heterocycles. The molecule has 0 unspecified atom stereocenters. The topological polar surface area (TPSA) is 190 Å². The first-order valence-corrected chi connectivity index (χ1v) is 0.383. The number of rotatable bonds is 0. The molecule has 0 atom stereocenters. The number of hydrogen-bond acceptors (Lipinski definition) is 6. The Morgan fingerprint density at radius 1 is 1.00 bits per heavy atom. The Hall–Kier alpha value is -0.0717. The van der Waals surface area contributed by atoms with E-state index in [1.165, 1.54) is 5.34 Å². The normalized spacial score (nSPS) is 1.50. The molecule has 0 heterocycles. The van der Waals surface area contributed by atoms with Crippen LogP contribution in [0.2, 0.25) is 0 Å². The van der Waals surface area contributed by atoms with Crippen LogP contribution in [0.4, 0.5) is 0 Å². The minimum Gasteiger partial charge on any atom is -0.379 e. The second-order valence-corrected chi connectivity index (χ2v) is 0.0816. The number of hydrogen-bond donors (Lipinski definition) is 5. The molecule has 0 bridgehead atoms. The third-order valence-corrected chi connectivity index (χ3v) is 0. The molecule has 0 amide bonds. The van der Waals surface area contributed by atoms with Gasteiger partial charge >= 0.3 is 0 Å². The van der Waals surface area contributed by atoms with Crippen molar-refractivity contribution in [1.29, 1.82) is 0 Å². The molecule has 0 aromatic carbocycles. The molecule has 0 saturated carbocycles. The molecule has 0 aliphatic carbocycles. The monoisotopic (exact) mass is 310 g/mol. The van der Waals surface area contributed by atoms with Crippen molar-refractivity contribution >= 4 is 0 Å². The van der Waals surface area contributed by atoms with Crippen molar-refractivity contribution in [2.75, 3.05) is 0 Å². The molecule has 8 heavy (non-hydrogen) atoms. The van der Waals surface area contributed by atoms with Gasteiger partial charge in [-0.05, 0) is 0 Å². The molecule has 0 aromatic rings. The van der Waals surface area contributed by atoms with E-state index in [-0.39, 0.29) is 45.7 Å². The average Bonchev–Trinajstić information content (AvgIpc) is 0.918. The average molecular weight is 310 g/mol. The van der Waals surface area contributed by atoms with Gasteiger partial charge in [-0.2, -0.15) is 0 Å². The minimum atomic E-state index is 0. The Bertz CT molecular complexity index is 17.9. The maximum absolute atomic E-state index is 8.11. The predicted molar refractivity (Wildman–Crippen MR) is 27.7 cm³/mol. The van der Waals surface area contributed by atoms with Gasteiger partial charge < -0.3 is 29.8 Å². The summed E-state index contributed by atoms with van der Waals surface area (Å²) in [5, 5.41) is 7.89. The van der Waals surface area contributed by atoms with Crippen molar-refractivity contribution in [3.8, 4) is 0 Å². The van der Waals surface area contributed by atoms with Crippen LogP contribution in [0.25, 0.3) is 0 Å². The van der Waals surface area contributed by atoms with Crippen LogP contribution in [-0.4, -0.2) is 5.21 Å². The van der Waals surface area contributed by atoms with Crippen LogP contribution in [0.1, 0.15) is 0 Å². The van der Waals surface area contributed by atoms with Crippen LogP contribution in [-0.2, 0) is 21.1 Å². The van der Waals surface area contributed by atoms with Crippen LogP contribution in [0, 0.1) is 4.91 Å². The third-order valence-electron chi connectivity index (χ3n) is 0. The fourth-order valence-electron chi connectivity index (χ4n) is 0. The summed E-state index contributed by atoms with van der Waals surface area (Å²) in [5.74, 6) is 0. The fraction of sp³-hybridized carbons (Fsp3) is 0. The molecular formula is H13N5O2Pt. The van der Waals surface area contributed by atoms with Gasteiger partial charge in [0, 0.05) is 21.1 Å². The summed E-state index contributed by atoms with van der Waals surface area (Å²) >= 11 is 0. The van der Waals surface area contributed by atoms with E-state index in [4.69, 9.17) is 10.1 Å². The van der Waals surface area contributed by atoms with Crippen molar-refractivity contribution in [3.63, 3.8) is 0 Å². The Morgan fingerprint density at radius 3 is 1.00 bits per heavy atom. The molecule has 7 nitrogen and oxygen atoms in total. The Morgan fingerprint density at radius 2 is 1.00 bits per heavy atom. The van der Waals surface area contributed by atoms with Crippen molar-refractivity contribution in [3.05, 3.63) is 4.91 Å². The summed E-state index contributed by atoms with van der Waals surface area (Å²) in [4.78, 5) is 8.11. The first-order valence-electron chi connectivity index (χ1n) is 0.383. The summed E-state index contributed by atoms with van der Waals surface area (Å²) < 4.78 is 0. The molecule has 13 N–H and O–H groups in total. The van der Waals surface area contributed by atoms with Gasteiger partial charge in [0.2, 0.25) is 0 Å². The Kier molecular flexibility index (Phi) is 3610. The molecule has 0 aliphatic rings. The summed E-state index contributed by atoms with van der Waals surface area (Å²) in [6.45, 7) is 0. The van der Waals surface area contributed by atoms with Gasteiger partial charge in [0.15, 0.2) is 5.34 Å². The van der Waals surface area contributed by atoms with Gasteiger partial charge in [-0.1, -0.05) is 0 Å². The SMILES string of the molecule is N.N.N.N.O=NO.[Pt]. The Balaban J connectivity index is -0.00000000200. The van der Waals surface area contributed by atoms with Gasteiger partial charge in [-0.15, -0.1) is 4.91 Å². The van der Waals surface area contributed by atoms with E-state index in [2.05, 4.69) is 0 Å². The summed E-state index contributed by atoms with van der Waals surface area (Å²) in [5.41, 5.74) is 0. The second kappa shape index (κ2) is 283. The molecular weight excluding hydrogens is 297 g/mol. The van der Waals surface area contributed by atoms with E-state index in [1.54, 1.807) is 0 Å². The van der Waals surface area contributed by atoms with Gasteiger partial charge in [0.05, 0.1) is 0 Å². The summed E-state index contributed by atoms with van der Waals surface area (Å²) in [6, 6.07) is 0. The van der Waals surface area contributed by atoms with Crippen LogP contribution in [0.5, 0.6) is 0 Å². The van der Waals surface area contributed by atoms with Crippen molar-refractivity contribution in [1.82, 2.24) is 24.6 Å². The Labute approximate surface area is 61.7 Å². The molecule has 8 heteroatoms. The van der Waals surface area contributed by atoms with Crippen LogP contribution < -0.4 is 24.6 Å². The predicted octanol–water partition coefficient (Wildman–Crippen LogP) is 0.787. The van der Waals surface area contributed by atoms with Gasteiger partial charge in [-0.25, -0.2) is 0 Å². The summed E-state index contributed by atoms with van der Waals surface area (Å²) in [7, 11) is 0.